The minimum atomic E-state index is -0.444. The van der Waals surface area contributed by atoms with Gasteiger partial charge >= 0.3 is 5.97 Å². The van der Waals surface area contributed by atoms with Crippen molar-refractivity contribution < 1.29 is 14.6 Å². The molecule has 0 saturated carbocycles. The molecule has 0 radical (unpaired) electrons. The van der Waals surface area contributed by atoms with Gasteiger partial charge in [0.15, 0.2) is 0 Å². The molecule has 0 aliphatic heterocycles. The van der Waals surface area contributed by atoms with Gasteiger partial charge in [-0.25, -0.2) is 4.79 Å². The third kappa shape index (κ3) is 3.38. The van der Waals surface area contributed by atoms with Gasteiger partial charge in [-0.15, -0.1) is 0 Å². The molecule has 1 N–H and O–H groups in total. The lowest BCUT2D eigenvalue weighted by molar-refractivity contribution is -0.134. The van der Waals surface area contributed by atoms with E-state index in [0.29, 0.717) is 10.6 Å². The zero-order valence-electron chi connectivity index (χ0n) is 8.24. The Morgan fingerprint density at radius 2 is 2.33 bits per heavy atom. The fourth-order valence-corrected chi connectivity index (χ4v) is 1.23. The predicted octanol–water partition coefficient (Wildman–Crippen LogP) is 2.02. The molecule has 0 atom stereocenters. The van der Waals surface area contributed by atoms with Crippen LogP contribution in [0.5, 0.6) is 0 Å². The first-order valence-electron chi connectivity index (χ1n) is 4.32. The van der Waals surface area contributed by atoms with Crippen LogP contribution in [0.2, 0.25) is 5.02 Å². The van der Waals surface area contributed by atoms with Gasteiger partial charge < -0.3 is 9.84 Å². The van der Waals surface area contributed by atoms with Crippen LogP contribution in [-0.2, 0) is 16.1 Å². The minimum Gasteiger partial charge on any atom is -0.466 e. The van der Waals surface area contributed by atoms with Crippen molar-refractivity contribution in [3.63, 3.8) is 0 Å². The van der Waals surface area contributed by atoms with Gasteiger partial charge in [-0.3, -0.25) is 0 Å². The van der Waals surface area contributed by atoms with Gasteiger partial charge in [0.25, 0.3) is 0 Å². The molecule has 4 heteroatoms. The van der Waals surface area contributed by atoms with Crippen LogP contribution in [0.3, 0.4) is 0 Å². The van der Waals surface area contributed by atoms with Gasteiger partial charge in [-0.05, 0) is 29.3 Å². The number of carbonyl (C=O) groups excluding carboxylic acids is 1. The van der Waals surface area contributed by atoms with Crippen LogP contribution in [-0.4, -0.2) is 18.2 Å². The molecule has 0 heterocycles. The van der Waals surface area contributed by atoms with E-state index in [1.807, 2.05) is 0 Å². The first kappa shape index (κ1) is 11.8. The topological polar surface area (TPSA) is 46.5 Å². The van der Waals surface area contributed by atoms with Crippen molar-refractivity contribution in [3.05, 3.63) is 40.4 Å². The lowest BCUT2D eigenvalue weighted by Gasteiger charge is -2.01. The maximum atomic E-state index is 10.8. The molecule has 1 rings (SSSR count). The Morgan fingerprint density at radius 1 is 1.60 bits per heavy atom. The number of carbonyl (C=O) groups is 1. The Morgan fingerprint density at radius 3 is 2.93 bits per heavy atom. The summed E-state index contributed by atoms with van der Waals surface area (Å²) in [4.78, 5) is 10.8. The molecule has 80 valence electrons. The highest BCUT2D eigenvalue weighted by Crippen LogP contribution is 2.19. The number of hydrogen-bond acceptors (Lipinski definition) is 3. The van der Waals surface area contributed by atoms with Crippen LogP contribution >= 0.6 is 11.6 Å². The van der Waals surface area contributed by atoms with Gasteiger partial charge in [0, 0.05) is 11.1 Å². The lowest BCUT2D eigenvalue weighted by Crippen LogP contribution is -1.93. The molecule has 1 aromatic rings. The third-order valence-electron chi connectivity index (χ3n) is 1.84. The first-order chi connectivity index (χ1) is 7.17. The van der Waals surface area contributed by atoms with Gasteiger partial charge in [0.05, 0.1) is 13.7 Å². The van der Waals surface area contributed by atoms with Crippen molar-refractivity contribution in [2.75, 3.05) is 7.11 Å². The third-order valence-corrected chi connectivity index (χ3v) is 2.19. The highest BCUT2D eigenvalue weighted by molar-refractivity contribution is 6.32. The van der Waals surface area contributed by atoms with E-state index in [-0.39, 0.29) is 6.61 Å². The minimum absolute atomic E-state index is 0.0593. The van der Waals surface area contributed by atoms with Crippen LogP contribution in [0, 0.1) is 0 Å². The maximum absolute atomic E-state index is 10.8. The lowest BCUT2D eigenvalue weighted by atomic mass is 10.1. The summed E-state index contributed by atoms with van der Waals surface area (Å²) >= 11 is 5.89. The fraction of sp³-hybridized carbons (Fsp3) is 0.182. The second-order valence-corrected chi connectivity index (χ2v) is 3.28. The summed E-state index contributed by atoms with van der Waals surface area (Å²) in [5, 5.41) is 9.44. The molecule has 3 nitrogen and oxygen atoms in total. The summed E-state index contributed by atoms with van der Waals surface area (Å²) in [7, 11) is 1.30. The quantitative estimate of drug-likeness (QED) is 0.634. The van der Waals surface area contributed by atoms with E-state index in [1.165, 1.54) is 13.2 Å². The monoisotopic (exact) mass is 226 g/mol. The number of methoxy groups -OCH3 is 1. The first-order valence-corrected chi connectivity index (χ1v) is 4.70. The Balaban J connectivity index is 2.93. The number of aliphatic hydroxyl groups is 1. The number of rotatable bonds is 3. The second kappa shape index (κ2) is 5.53. The van der Waals surface area contributed by atoms with Crippen molar-refractivity contribution in [1.29, 1.82) is 0 Å². The molecule has 0 aliphatic rings. The zero-order valence-corrected chi connectivity index (χ0v) is 8.99. The molecular formula is C11H11ClO3. The number of aliphatic hydroxyl groups excluding tert-OH is 1. The van der Waals surface area contributed by atoms with E-state index >= 15 is 0 Å². The van der Waals surface area contributed by atoms with Gasteiger partial charge in [0.2, 0.25) is 0 Å². The molecule has 0 aromatic heterocycles. The van der Waals surface area contributed by atoms with Crippen LogP contribution in [0.25, 0.3) is 6.08 Å². The van der Waals surface area contributed by atoms with E-state index in [0.717, 1.165) is 5.56 Å². The van der Waals surface area contributed by atoms with Crippen LogP contribution < -0.4 is 0 Å². The van der Waals surface area contributed by atoms with E-state index in [2.05, 4.69) is 4.74 Å². The van der Waals surface area contributed by atoms with E-state index in [4.69, 9.17) is 16.7 Å². The Hall–Kier alpha value is -1.32. The zero-order chi connectivity index (χ0) is 11.3. The Labute approximate surface area is 92.9 Å². The fourth-order valence-electron chi connectivity index (χ4n) is 1.05. The largest absolute Gasteiger partial charge is 0.466 e. The van der Waals surface area contributed by atoms with Gasteiger partial charge in [-0.2, -0.15) is 0 Å². The number of esters is 1. The van der Waals surface area contributed by atoms with Crippen molar-refractivity contribution in [3.8, 4) is 0 Å². The standard InChI is InChI=1S/C11H11ClO3/c1-15-11(14)5-3-9-6-8(7-13)2-4-10(9)12/h2-6,13H,7H2,1H3. The molecule has 15 heavy (non-hydrogen) atoms. The van der Waals surface area contributed by atoms with Crippen molar-refractivity contribution in [2.24, 2.45) is 0 Å². The summed E-state index contributed by atoms with van der Waals surface area (Å²) in [6, 6.07) is 5.10. The number of benzene rings is 1. The highest BCUT2D eigenvalue weighted by atomic mass is 35.5. The van der Waals surface area contributed by atoms with Gasteiger partial charge in [0.1, 0.15) is 0 Å². The molecule has 0 saturated heterocycles. The number of halogens is 1. The SMILES string of the molecule is COC(=O)C=Cc1cc(CO)ccc1Cl. The van der Waals surface area contributed by atoms with Crippen molar-refractivity contribution in [2.45, 2.75) is 6.61 Å². The highest BCUT2D eigenvalue weighted by Gasteiger charge is 1.99. The van der Waals surface area contributed by atoms with Crippen LogP contribution in [0.1, 0.15) is 11.1 Å². The predicted molar refractivity (Wildman–Crippen MR) is 58.4 cm³/mol. The summed E-state index contributed by atoms with van der Waals surface area (Å²) in [5.41, 5.74) is 1.41. The summed E-state index contributed by atoms with van der Waals surface area (Å²) < 4.78 is 4.45. The van der Waals surface area contributed by atoms with Gasteiger partial charge in [-0.1, -0.05) is 17.7 Å². The average molecular weight is 227 g/mol. The average Bonchev–Trinajstić information content (AvgIpc) is 2.27. The molecule has 0 unspecified atom stereocenters. The van der Waals surface area contributed by atoms with E-state index < -0.39 is 5.97 Å². The molecule has 0 fully saturated rings. The normalized spacial score (nSPS) is 10.6. The Kier molecular flexibility index (Phi) is 4.34. The summed E-state index contributed by atoms with van der Waals surface area (Å²) in [6.07, 6.45) is 2.83. The number of hydrogen-bond donors (Lipinski definition) is 1. The molecule has 0 bridgehead atoms. The second-order valence-electron chi connectivity index (χ2n) is 2.87. The van der Waals surface area contributed by atoms with E-state index in [9.17, 15) is 4.79 Å². The van der Waals surface area contributed by atoms with Crippen LogP contribution in [0.15, 0.2) is 24.3 Å². The smallest absolute Gasteiger partial charge is 0.330 e. The summed E-state index contributed by atoms with van der Waals surface area (Å²) in [6.45, 7) is -0.0593. The molecule has 0 spiro atoms. The van der Waals surface area contributed by atoms with Crippen molar-refractivity contribution in [1.82, 2.24) is 0 Å². The molecule has 1 aromatic carbocycles. The summed E-state index contributed by atoms with van der Waals surface area (Å²) in [5.74, 6) is -0.444. The Bertz CT molecular complexity index is 385. The van der Waals surface area contributed by atoms with Crippen molar-refractivity contribution >= 4 is 23.6 Å². The number of ether oxygens (including phenoxy) is 1. The molecule has 0 amide bonds. The van der Waals surface area contributed by atoms with E-state index in [1.54, 1.807) is 24.3 Å². The van der Waals surface area contributed by atoms with Crippen LogP contribution in [0.4, 0.5) is 0 Å². The molecular weight excluding hydrogens is 216 g/mol. The molecule has 0 aliphatic carbocycles. The maximum Gasteiger partial charge on any atom is 0.330 e.